The first-order valence-electron chi connectivity index (χ1n) is 6.41. The van der Waals surface area contributed by atoms with Crippen LogP contribution in [0.1, 0.15) is 39.0 Å². The molecule has 6 heteroatoms. The van der Waals surface area contributed by atoms with Crippen molar-refractivity contribution in [2.24, 2.45) is 0 Å². The highest BCUT2D eigenvalue weighted by atomic mass is 32.2. The van der Waals surface area contributed by atoms with Crippen molar-refractivity contribution in [2.45, 2.75) is 51.1 Å². The molecule has 1 aliphatic carbocycles. The summed E-state index contributed by atoms with van der Waals surface area (Å²) >= 11 is 0. The molecule has 0 aromatic carbocycles. The minimum atomic E-state index is -3.28. The summed E-state index contributed by atoms with van der Waals surface area (Å²) in [7, 11) is 0.366. The van der Waals surface area contributed by atoms with E-state index in [4.69, 9.17) is 0 Å². The average Bonchev–Trinajstić information content (AvgIpc) is 2.35. The lowest BCUT2D eigenvalue weighted by Crippen LogP contribution is -2.47. The molecule has 0 heterocycles. The third kappa shape index (κ3) is 4.21. The molecule has 0 spiro atoms. The number of hydrogen-bond acceptors (Lipinski definition) is 3. The molecule has 0 unspecified atom stereocenters. The zero-order chi connectivity index (χ0) is 12.9. The maximum absolute atomic E-state index is 11.9. The molecule has 17 heavy (non-hydrogen) atoms. The van der Waals surface area contributed by atoms with Gasteiger partial charge in [-0.15, -0.1) is 0 Å². The van der Waals surface area contributed by atoms with Crippen LogP contribution in [0.25, 0.3) is 0 Å². The summed E-state index contributed by atoms with van der Waals surface area (Å²) in [6.45, 7) is 2.47. The largest absolute Gasteiger partial charge is 0.317 e. The smallest absolute Gasteiger partial charge is 0.279 e. The van der Waals surface area contributed by atoms with Gasteiger partial charge in [-0.25, -0.2) is 4.72 Å². The predicted octanol–water partition coefficient (Wildman–Crippen LogP) is 0.693. The maximum Gasteiger partial charge on any atom is 0.279 e. The average molecular weight is 263 g/mol. The topological polar surface area (TPSA) is 61.4 Å². The van der Waals surface area contributed by atoms with Crippen LogP contribution in [0, 0.1) is 0 Å². The standard InChI is InChI=1S/C11H25N3O2S/c1-4-9-13-17(15,16)14(3)11-7-5-10(12-2)6-8-11/h10-13H,4-9H2,1-3H3. The van der Waals surface area contributed by atoms with Crippen molar-refractivity contribution >= 4 is 10.2 Å². The minimum Gasteiger partial charge on any atom is -0.317 e. The fourth-order valence-corrected chi connectivity index (χ4v) is 3.53. The van der Waals surface area contributed by atoms with Gasteiger partial charge in [-0.05, 0) is 39.2 Å². The van der Waals surface area contributed by atoms with E-state index < -0.39 is 10.2 Å². The van der Waals surface area contributed by atoms with E-state index in [0.717, 1.165) is 32.1 Å². The summed E-state index contributed by atoms with van der Waals surface area (Å²) in [5.74, 6) is 0. The Balaban J connectivity index is 2.50. The molecule has 0 bridgehead atoms. The van der Waals surface area contributed by atoms with Crippen LogP contribution in [-0.4, -0.2) is 45.4 Å². The molecule has 1 saturated carbocycles. The van der Waals surface area contributed by atoms with E-state index in [1.807, 2.05) is 14.0 Å². The molecule has 0 saturated heterocycles. The van der Waals surface area contributed by atoms with Crippen molar-refractivity contribution in [3.63, 3.8) is 0 Å². The first kappa shape index (κ1) is 14.9. The van der Waals surface area contributed by atoms with Crippen molar-refractivity contribution in [2.75, 3.05) is 20.6 Å². The number of hydrogen-bond donors (Lipinski definition) is 2. The highest BCUT2D eigenvalue weighted by Crippen LogP contribution is 2.23. The van der Waals surface area contributed by atoms with Gasteiger partial charge in [0.2, 0.25) is 0 Å². The van der Waals surface area contributed by atoms with E-state index in [0.29, 0.717) is 12.6 Å². The minimum absolute atomic E-state index is 0.147. The van der Waals surface area contributed by atoms with Crippen LogP contribution in [0.5, 0.6) is 0 Å². The van der Waals surface area contributed by atoms with Gasteiger partial charge in [0.25, 0.3) is 10.2 Å². The summed E-state index contributed by atoms with van der Waals surface area (Å²) < 4.78 is 28.0. The van der Waals surface area contributed by atoms with Gasteiger partial charge in [0.1, 0.15) is 0 Å². The van der Waals surface area contributed by atoms with Crippen molar-refractivity contribution in [1.29, 1.82) is 0 Å². The van der Waals surface area contributed by atoms with E-state index >= 15 is 0 Å². The van der Waals surface area contributed by atoms with Crippen molar-refractivity contribution in [3.05, 3.63) is 0 Å². The maximum atomic E-state index is 11.9. The first-order valence-corrected chi connectivity index (χ1v) is 7.85. The Labute approximate surface area is 105 Å². The molecule has 0 radical (unpaired) electrons. The molecule has 0 aliphatic heterocycles. The van der Waals surface area contributed by atoms with E-state index in [-0.39, 0.29) is 6.04 Å². The van der Waals surface area contributed by atoms with Gasteiger partial charge in [0.15, 0.2) is 0 Å². The van der Waals surface area contributed by atoms with E-state index in [1.54, 1.807) is 7.05 Å². The molecule has 2 N–H and O–H groups in total. The SMILES string of the molecule is CCCNS(=O)(=O)N(C)C1CCC(NC)CC1. The molecule has 0 amide bonds. The van der Waals surface area contributed by atoms with Gasteiger partial charge in [0.05, 0.1) is 0 Å². The van der Waals surface area contributed by atoms with Crippen LogP contribution in [0.3, 0.4) is 0 Å². The third-order valence-electron chi connectivity index (χ3n) is 3.53. The third-order valence-corrected chi connectivity index (χ3v) is 5.16. The number of nitrogens with zero attached hydrogens (tertiary/aromatic N) is 1. The molecule has 0 atom stereocenters. The Morgan fingerprint density at radius 1 is 1.24 bits per heavy atom. The van der Waals surface area contributed by atoms with E-state index in [2.05, 4.69) is 10.0 Å². The van der Waals surface area contributed by atoms with E-state index in [1.165, 1.54) is 4.31 Å². The van der Waals surface area contributed by atoms with Crippen molar-refractivity contribution in [1.82, 2.24) is 14.3 Å². The van der Waals surface area contributed by atoms with Crippen LogP contribution < -0.4 is 10.0 Å². The highest BCUT2D eigenvalue weighted by molar-refractivity contribution is 7.87. The molecule has 5 nitrogen and oxygen atoms in total. The molecule has 1 aliphatic rings. The van der Waals surface area contributed by atoms with Crippen LogP contribution in [0.2, 0.25) is 0 Å². The Bertz CT molecular complexity index is 311. The predicted molar refractivity (Wildman–Crippen MR) is 70.1 cm³/mol. The summed E-state index contributed by atoms with van der Waals surface area (Å²) in [5.41, 5.74) is 0. The second kappa shape index (κ2) is 6.68. The van der Waals surface area contributed by atoms with Crippen molar-refractivity contribution < 1.29 is 8.42 Å². The molecule has 0 aromatic rings. The second-order valence-electron chi connectivity index (χ2n) is 4.71. The number of nitrogens with one attached hydrogen (secondary N) is 2. The molecule has 0 aromatic heterocycles. The van der Waals surface area contributed by atoms with Gasteiger partial charge in [0, 0.05) is 25.7 Å². The zero-order valence-electron chi connectivity index (χ0n) is 11.1. The Hall–Kier alpha value is -0.170. The van der Waals surface area contributed by atoms with Gasteiger partial charge < -0.3 is 5.32 Å². The van der Waals surface area contributed by atoms with Gasteiger partial charge >= 0.3 is 0 Å². The quantitative estimate of drug-likeness (QED) is 0.741. The number of rotatable bonds is 6. The van der Waals surface area contributed by atoms with Crippen LogP contribution >= 0.6 is 0 Å². The normalized spacial score (nSPS) is 26.4. The fraction of sp³-hybridized carbons (Fsp3) is 1.00. The summed E-state index contributed by atoms with van der Waals surface area (Å²) in [6.07, 6.45) is 4.80. The summed E-state index contributed by atoms with van der Waals surface area (Å²) in [4.78, 5) is 0. The van der Waals surface area contributed by atoms with Crippen LogP contribution in [-0.2, 0) is 10.2 Å². The molecule has 102 valence electrons. The monoisotopic (exact) mass is 263 g/mol. The lowest BCUT2D eigenvalue weighted by Gasteiger charge is -2.33. The first-order chi connectivity index (χ1) is 8.01. The zero-order valence-corrected chi connectivity index (χ0v) is 11.9. The second-order valence-corrected chi connectivity index (χ2v) is 6.52. The van der Waals surface area contributed by atoms with Crippen LogP contribution in [0.15, 0.2) is 0 Å². The fourth-order valence-electron chi connectivity index (χ4n) is 2.26. The molecule has 1 rings (SSSR count). The molecular formula is C11H25N3O2S. The van der Waals surface area contributed by atoms with Crippen molar-refractivity contribution in [3.8, 4) is 0 Å². The highest BCUT2D eigenvalue weighted by Gasteiger charge is 2.29. The Morgan fingerprint density at radius 3 is 2.29 bits per heavy atom. The van der Waals surface area contributed by atoms with Crippen LogP contribution in [0.4, 0.5) is 0 Å². The van der Waals surface area contributed by atoms with E-state index in [9.17, 15) is 8.42 Å². The van der Waals surface area contributed by atoms with Gasteiger partial charge in [-0.1, -0.05) is 6.92 Å². The lowest BCUT2D eigenvalue weighted by atomic mass is 9.91. The van der Waals surface area contributed by atoms with Gasteiger partial charge in [-0.2, -0.15) is 12.7 Å². The molecular weight excluding hydrogens is 238 g/mol. The molecule has 1 fully saturated rings. The summed E-state index contributed by atoms with van der Waals surface area (Å²) in [5, 5.41) is 3.25. The summed E-state index contributed by atoms with van der Waals surface area (Å²) in [6, 6.07) is 0.694. The lowest BCUT2D eigenvalue weighted by molar-refractivity contribution is 0.253. The van der Waals surface area contributed by atoms with Gasteiger partial charge in [-0.3, -0.25) is 0 Å². The Kier molecular flexibility index (Phi) is 5.85. The Morgan fingerprint density at radius 2 is 1.82 bits per heavy atom.